The molecular weight excluding hydrogens is 474 g/mol. The minimum atomic E-state index is -4.82. The van der Waals surface area contributed by atoms with Crippen LogP contribution < -0.4 is 59.1 Å². The molecule has 11 heteroatoms. The van der Waals surface area contributed by atoms with Crippen LogP contribution in [0.15, 0.2) is 69.0 Å². The molecule has 0 aromatic carbocycles. The molecule has 0 atom stereocenters. The third-order valence-electron chi connectivity index (χ3n) is 3.22. The van der Waals surface area contributed by atoms with Crippen molar-refractivity contribution >= 4 is 20.2 Å². The normalized spacial score (nSPS) is 8.84. The summed E-state index contributed by atoms with van der Waals surface area (Å²) in [6.45, 7) is 8.48. The van der Waals surface area contributed by atoms with E-state index >= 15 is 0 Å². The second-order valence-electron chi connectivity index (χ2n) is 5.61. The van der Waals surface area contributed by atoms with Crippen molar-refractivity contribution in [3.05, 3.63) is 69.0 Å². The smallest absolute Gasteiger partial charge is 0.744 e. The SMILES string of the molecule is C=C=C=C=C=C(CCCCCCCCC)S(=O)(=O)[O-].C=C=C=C=C=C(O)S(=O)(=O)[O-].[HH].[Na+].[Na+]. The Morgan fingerprint density at radius 3 is 1.62 bits per heavy atom. The van der Waals surface area contributed by atoms with Crippen molar-refractivity contribution in [2.75, 3.05) is 0 Å². The average Bonchev–Trinajstić information content (AvgIpc) is 2.65. The Hall–Kier alpha value is -0.660. The molecule has 0 aliphatic rings. The van der Waals surface area contributed by atoms with Crippen molar-refractivity contribution in [3.63, 3.8) is 0 Å². The van der Waals surface area contributed by atoms with Crippen LogP contribution in [0.2, 0.25) is 0 Å². The number of rotatable bonds is 10. The van der Waals surface area contributed by atoms with Gasteiger partial charge in [0.1, 0.15) is 10.1 Å². The first-order valence-electron chi connectivity index (χ1n) is 8.90. The monoisotopic (exact) mass is 500 g/mol. The third-order valence-corrected chi connectivity index (χ3v) is 4.70. The molecule has 0 rings (SSSR count). The summed E-state index contributed by atoms with van der Waals surface area (Å²) in [5.41, 5.74) is 16.9. The fourth-order valence-corrected chi connectivity index (χ4v) is 2.58. The molecule has 0 aromatic heterocycles. The van der Waals surface area contributed by atoms with E-state index in [1.165, 1.54) is 19.3 Å². The van der Waals surface area contributed by atoms with E-state index in [9.17, 15) is 25.9 Å². The molecule has 0 radical (unpaired) electrons. The van der Waals surface area contributed by atoms with Crippen LogP contribution in [-0.4, -0.2) is 31.0 Å². The van der Waals surface area contributed by atoms with E-state index in [0.29, 0.717) is 6.42 Å². The number of hydrogen-bond donors (Lipinski definition) is 1. The summed E-state index contributed by atoms with van der Waals surface area (Å²) in [7, 11) is -9.26. The second kappa shape index (κ2) is 23.5. The zero-order valence-electron chi connectivity index (χ0n) is 18.8. The number of aliphatic hydroxyl groups excluding tert-OH is 1. The van der Waals surface area contributed by atoms with Gasteiger partial charge in [0.15, 0.2) is 10.1 Å². The molecule has 0 spiro atoms. The van der Waals surface area contributed by atoms with Crippen LogP contribution in [-0.2, 0) is 20.2 Å². The summed E-state index contributed by atoms with van der Waals surface area (Å²) in [6.07, 6.45) is 7.69. The molecule has 0 heterocycles. The standard InChI is InChI=1S/C15H22O3S.C6H4O4S.2Na.H2/c1-3-5-7-8-9-10-12-14-15(19(16,17)18)13-11-6-4-2;1-2-3-4-5-6(7)11(8,9)10;;;/h2-3,5,7-10,12,14H2,1H3,(H,16,17,18);7H,1H2,(H,8,9,10);;;1H/q;;2*+1;/p-2. The summed E-state index contributed by atoms with van der Waals surface area (Å²) < 4.78 is 62.7. The van der Waals surface area contributed by atoms with Crippen molar-refractivity contribution in [1.29, 1.82) is 0 Å². The summed E-state index contributed by atoms with van der Waals surface area (Å²) in [4.78, 5) is -0.260. The van der Waals surface area contributed by atoms with Crippen LogP contribution in [0.5, 0.6) is 0 Å². The Morgan fingerprint density at radius 2 is 1.22 bits per heavy atom. The predicted octanol–water partition coefficient (Wildman–Crippen LogP) is -1.76. The van der Waals surface area contributed by atoms with Gasteiger partial charge in [-0.3, -0.25) is 0 Å². The first kappa shape index (κ1) is 38.6. The molecule has 0 aromatic rings. The van der Waals surface area contributed by atoms with Gasteiger partial charge in [0.05, 0.1) is 4.91 Å². The first-order chi connectivity index (χ1) is 14.0. The van der Waals surface area contributed by atoms with E-state index in [1.807, 2.05) is 11.5 Å². The summed E-state index contributed by atoms with van der Waals surface area (Å²) in [5, 5.41) is 6.94. The Labute approximate surface area is 237 Å². The molecule has 7 nitrogen and oxygen atoms in total. The minimum Gasteiger partial charge on any atom is -0.744 e. The van der Waals surface area contributed by atoms with Gasteiger partial charge in [-0.05, 0) is 60.4 Å². The summed E-state index contributed by atoms with van der Waals surface area (Å²) >= 11 is 0. The van der Waals surface area contributed by atoms with Crippen LogP contribution in [0.4, 0.5) is 0 Å². The largest absolute Gasteiger partial charge is 1.00 e. The van der Waals surface area contributed by atoms with Crippen LogP contribution >= 0.6 is 0 Å². The maximum Gasteiger partial charge on any atom is 1.00 e. The molecule has 166 valence electrons. The molecule has 0 saturated heterocycles. The topological polar surface area (TPSA) is 135 Å². The van der Waals surface area contributed by atoms with Gasteiger partial charge in [0, 0.05) is 1.43 Å². The fraction of sp³-hybridized carbons (Fsp3) is 0.429. The molecule has 1 N–H and O–H groups in total. The fourth-order valence-electron chi connectivity index (χ4n) is 1.83. The Bertz CT molecular complexity index is 1100. The number of hydrogen-bond acceptors (Lipinski definition) is 7. The van der Waals surface area contributed by atoms with Crippen LogP contribution in [0.1, 0.15) is 59.7 Å². The maximum absolute atomic E-state index is 11.0. The Kier molecular flexibility index (Phi) is 28.3. The first-order valence-corrected chi connectivity index (χ1v) is 11.7. The quantitative estimate of drug-likeness (QED) is 0.123. The Morgan fingerprint density at radius 1 is 0.781 bits per heavy atom. The molecule has 0 bridgehead atoms. The van der Waals surface area contributed by atoms with Gasteiger partial charge in [-0.15, -0.1) is 0 Å². The molecule has 0 fully saturated rings. The van der Waals surface area contributed by atoms with Crippen molar-refractivity contribution in [3.8, 4) is 0 Å². The average molecular weight is 501 g/mol. The molecular formula is C21H26Na2O7S2. The van der Waals surface area contributed by atoms with Crippen molar-refractivity contribution in [1.82, 2.24) is 0 Å². The zero-order valence-corrected chi connectivity index (χ0v) is 24.4. The van der Waals surface area contributed by atoms with Crippen LogP contribution in [0.25, 0.3) is 0 Å². The summed E-state index contributed by atoms with van der Waals surface area (Å²) in [6, 6.07) is 0. The van der Waals surface area contributed by atoms with Crippen molar-refractivity contribution in [2.24, 2.45) is 0 Å². The number of unbranched alkanes of at least 4 members (excludes halogenated alkanes) is 6. The second-order valence-corrected chi connectivity index (χ2v) is 8.31. The van der Waals surface area contributed by atoms with E-state index in [1.54, 1.807) is 5.73 Å². The van der Waals surface area contributed by atoms with Crippen molar-refractivity contribution < 1.29 is 91.6 Å². The van der Waals surface area contributed by atoms with E-state index in [4.69, 9.17) is 5.11 Å². The number of allylic oxidation sites excluding steroid dienone is 1. The van der Waals surface area contributed by atoms with Gasteiger partial charge in [0.2, 0.25) is 5.09 Å². The van der Waals surface area contributed by atoms with E-state index in [2.05, 4.69) is 48.7 Å². The van der Waals surface area contributed by atoms with Crippen molar-refractivity contribution in [2.45, 2.75) is 58.3 Å². The van der Waals surface area contributed by atoms with Gasteiger partial charge in [-0.25, -0.2) is 16.8 Å². The minimum absolute atomic E-state index is 0. The zero-order chi connectivity index (χ0) is 23.5. The summed E-state index contributed by atoms with van der Waals surface area (Å²) in [5.74, 6) is 0. The number of aliphatic hydroxyl groups is 1. The molecule has 32 heavy (non-hydrogen) atoms. The van der Waals surface area contributed by atoms with Crippen LogP contribution in [0, 0.1) is 0 Å². The van der Waals surface area contributed by atoms with Gasteiger partial charge < -0.3 is 14.2 Å². The van der Waals surface area contributed by atoms with Gasteiger partial charge in [-0.2, -0.15) is 0 Å². The molecule has 0 aliphatic heterocycles. The van der Waals surface area contributed by atoms with Gasteiger partial charge >= 0.3 is 59.1 Å². The molecule has 0 unspecified atom stereocenters. The van der Waals surface area contributed by atoms with E-state index in [0.717, 1.165) is 19.3 Å². The molecule has 0 saturated carbocycles. The maximum atomic E-state index is 11.0. The predicted molar refractivity (Wildman–Crippen MR) is 113 cm³/mol. The van der Waals surface area contributed by atoms with E-state index in [-0.39, 0.29) is 71.9 Å². The van der Waals surface area contributed by atoms with Crippen LogP contribution in [0.3, 0.4) is 0 Å². The van der Waals surface area contributed by atoms with E-state index < -0.39 is 25.3 Å². The third kappa shape index (κ3) is 25.6. The van der Waals surface area contributed by atoms with Gasteiger partial charge in [0.25, 0.3) is 0 Å². The molecule has 0 aliphatic carbocycles. The Balaban J connectivity index is -0.000000162. The van der Waals surface area contributed by atoms with Gasteiger partial charge in [-0.1, -0.05) is 56.9 Å². The molecule has 0 amide bonds.